The van der Waals surface area contributed by atoms with Gasteiger partial charge in [-0.15, -0.1) is 8.78 Å². The lowest BCUT2D eigenvalue weighted by Crippen LogP contribution is -2.25. The molecule has 0 bridgehead atoms. The maximum Gasteiger partial charge on any atom is 0.586 e. The number of nitrogens with one attached hydrogen (secondary N) is 1. The number of alkyl halides is 2. The Morgan fingerprint density at radius 3 is 2.90 bits per heavy atom. The minimum atomic E-state index is -3.65. The SMILES string of the molecule is COC(=O)c1cnc(Nc2ccc3c(c2)OC(F)(F)O3)s1. The average molecular weight is 314 g/mol. The number of rotatable bonds is 3. The van der Waals surface area contributed by atoms with Gasteiger partial charge in [-0.3, -0.25) is 0 Å². The van der Waals surface area contributed by atoms with Crippen molar-refractivity contribution in [2.24, 2.45) is 0 Å². The second-order valence-electron chi connectivity index (χ2n) is 3.98. The van der Waals surface area contributed by atoms with Crippen LogP contribution in [-0.2, 0) is 4.74 Å². The topological polar surface area (TPSA) is 69.7 Å². The third kappa shape index (κ3) is 2.72. The summed E-state index contributed by atoms with van der Waals surface area (Å²) in [7, 11) is 1.27. The Hall–Kier alpha value is -2.42. The summed E-state index contributed by atoms with van der Waals surface area (Å²) in [6, 6.07) is 4.24. The van der Waals surface area contributed by atoms with E-state index in [4.69, 9.17) is 0 Å². The highest BCUT2D eigenvalue weighted by Gasteiger charge is 2.43. The number of halogens is 2. The summed E-state index contributed by atoms with van der Waals surface area (Å²) in [6.45, 7) is 0. The third-order valence-electron chi connectivity index (χ3n) is 2.54. The maximum absolute atomic E-state index is 12.9. The fourth-order valence-corrected chi connectivity index (χ4v) is 2.43. The monoisotopic (exact) mass is 314 g/mol. The number of benzene rings is 1. The Morgan fingerprint density at radius 1 is 1.38 bits per heavy atom. The van der Waals surface area contributed by atoms with E-state index in [-0.39, 0.29) is 11.5 Å². The summed E-state index contributed by atoms with van der Waals surface area (Å²) >= 11 is 1.08. The number of hydrogen-bond acceptors (Lipinski definition) is 7. The van der Waals surface area contributed by atoms with Crippen LogP contribution in [0.2, 0.25) is 0 Å². The zero-order chi connectivity index (χ0) is 15.0. The quantitative estimate of drug-likeness (QED) is 0.878. The van der Waals surface area contributed by atoms with Crippen molar-refractivity contribution in [2.75, 3.05) is 12.4 Å². The molecule has 2 heterocycles. The smallest absolute Gasteiger partial charge is 0.465 e. The number of esters is 1. The molecular weight excluding hydrogens is 306 g/mol. The van der Waals surface area contributed by atoms with Gasteiger partial charge in [-0.05, 0) is 12.1 Å². The predicted molar refractivity (Wildman–Crippen MR) is 69.4 cm³/mol. The molecule has 0 amide bonds. The number of carbonyl (C=O) groups excluding carboxylic acids is 1. The normalized spacial score (nSPS) is 14.8. The van der Waals surface area contributed by atoms with Crippen LogP contribution in [0.3, 0.4) is 0 Å². The first kappa shape index (κ1) is 13.6. The highest BCUT2D eigenvalue weighted by atomic mass is 32.1. The molecule has 1 aliphatic rings. The van der Waals surface area contributed by atoms with Crippen LogP contribution in [0.1, 0.15) is 9.67 Å². The van der Waals surface area contributed by atoms with E-state index in [1.165, 1.54) is 31.5 Å². The maximum atomic E-state index is 12.9. The Morgan fingerprint density at radius 2 is 2.14 bits per heavy atom. The summed E-state index contributed by atoms with van der Waals surface area (Å²) in [5, 5.41) is 3.30. The van der Waals surface area contributed by atoms with Gasteiger partial charge >= 0.3 is 12.3 Å². The molecule has 9 heteroatoms. The van der Waals surface area contributed by atoms with Crippen LogP contribution in [0.5, 0.6) is 11.5 Å². The number of fused-ring (bicyclic) bond motifs is 1. The van der Waals surface area contributed by atoms with E-state index in [1.54, 1.807) is 0 Å². The molecular formula is C12H8F2N2O4S. The van der Waals surface area contributed by atoms with E-state index < -0.39 is 12.3 Å². The first-order chi connectivity index (χ1) is 9.97. The van der Waals surface area contributed by atoms with Gasteiger partial charge in [0.15, 0.2) is 16.6 Å². The standard InChI is InChI=1S/C12H8F2N2O4S/c1-18-10(17)9-5-15-11(21-9)16-6-2-3-7-8(4-6)20-12(13,14)19-7/h2-5H,1H3,(H,15,16). The highest BCUT2D eigenvalue weighted by molar-refractivity contribution is 7.17. The summed E-state index contributed by atoms with van der Waals surface area (Å²) in [5.74, 6) is -0.611. The molecule has 1 aliphatic heterocycles. The number of aromatic nitrogens is 1. The number of anilines is 2. The average Bonchev–Trinajstić information content (AvgIpc) is 3.00. The van der Waals surface area contributed by atoms with Crippen molar-refractivity contribution in [1.29, 1.82) is 0 Å². The number of hydrogen-bond donors (Lipinski definition) is 1. The lowest BCUT2D eigenvalue weighted by atomic mass is 10.3. The highest BCUT2D eigenvalue weighted by Crippen LogP contribution is 2.42. The Balaban J connectivity index is 1.78. The van der Waals surface area contributed by atoms with Gasteiger partial charge in [0.25, 0.3) is 0 Å². The molecule has 110 valence electrons. The van der Waals surface area contributed by atoms with E-state index in [1.807, 2.05) is 0 Å². The first-order valence-electron chi connectivity index (χ1n) is 5.68. The van der Waals surface area contributed by atoms with E-state index in [0.717, 1.165) is 11.3 Å². The Bertz CT molecular complexity index is 704. The number of ether oxygens (including phenoxy) is 3. The van der Waals surface area contributed by atoms with Crippen LogP contribution in [0, 0.1) is 0 Å². The van der Waals surface area contributed by atoms with E-state index in [9.17, 15) is 13.6 Å². The minimum absolute atomic E-state index is 0.0417. The van der Waals surface area contributed by atoms with Gasteiger partial charge in [0.05, 0.1) is 13.3 Å². The molecule has 0 atom stereocenters. The molecule has 0 saturated heterocycles. The van der Waals surface area contributed by atoms with Crippen LogP contribution in [-0.4, -0.2) is 24.4 Å². The van der Waals surface area contributed by atoms with Crippen molar-refractivity contribution >= 4 is 28.1 Å². The summed E-state index contributed by atoms with van der Waals surface area (Å²) in [6.07, 6.45) is -2.29. The largest absolute Gasteiger partial charge is 0.586 e. The molecule has 6 nitrogen and oxygen atoms in total. The van der Waals surface area contributed by atoms with Gasteiger partial charge in [-0.2, -0.15) is 0 Å². The molecule has 21 heavy (non-hydrogen) atoms. The Labute approximate surface area is 121 Å². The zero-order valence-corrected chi connectivity index (χ0v) is 11.4. The molecule has 0 saturated carbocycles. The van der Waals surface area contributed by atoms with Crippen molar-refractivity contribution in [3.05, 3.63) is 29.3 Å². The second kappa shape index (κ2) is 4.85. The first-order valence-corrected chi connectivity index (χ1v) is 6.49. The molecule has 3 rings (SSSR count). The van der Waals surface area contributed by atoms with Crippen molar-refractivity contribution in [1.82, 2.24) is 4.98 Å². The number of methoxy groups -OCH3 is 1. The van der Waals surface area contributed by atoms with E-state index in [2.05, 4.69) is 24.5 Å². The van der Waals surface area contributed by atoms with Gasteiger partial charge in [-0.1, -0.05) is 11.3 Å². The number of thiazole rings is 1. The fourth-order valence-electron chi connectivity index (χ4n) is 1.68. The molecule has 0 spiro atoms. The van der Waals surface area contributed by atoms with E-state index >= 15 is 0 Å². The van der Waals surface area contributed by atoms with Crippen LogP contribution in [0.25, 0.3) is 0 Å². The summed E-state index contributed by atoms with van der Waals surface area (Å²) < 4.78 is 39.0. The summed E-state index contributed by atoms with van der Waals surface area (Å²) in [4.78, 5) is 15.6. The fraction of sp³-hybridized carbons (Fsp3) is 0.167. The van der Waals surface area contributed by atoms with Crippen LogP contribution >= 0.6 is 11.3 Å². The van der Waals surface area contributed by atoms with Crippen molar-refractivity contribution in [3.8, 4) is 11.5 Å². The molecule has 0 unspecified atom stereocenters. The summed E-state index contributed by atoms with van der Waals surface area (Å²) in [5.41, 5.74) is 0.473. The lowest BCUT2D eigenvalue weighted by molar-refractivity contribution is -0.286. The van der Waals surface area contributed by atoms with Gasteiger partial charge in [0.2, 0.25) is 0 Å². The molecule has 2 aromatic rings. The van der Waals surface area contributed by atoms with Crippen LogP contribution in [0.15, 0.2) is 24.4 Å². The molecule has 1 N–H and O–H groups in total. The van der Waals surface area contributed by atoms with Gasteiger partial charge < -0.3 is 19.5 Å². The lowest BCUT2D eigenvalue weighted by Gasteiger charge is -2.04. The third-order valence-corrected chi connectivity index (χ3v) is 3.44. The minimum Gasteiger partial charge on any atom is -0.465 e. The van der Waals surface area contributed by atoms with Crippen molar-refractivity contribution in [2.45, 2.75) is 6.29 Å². The van der Waals surface area contributed by atoms with Crippen molar-refractivity contribution < 1.29 is 27.8 Å². The number of carbonyl (C=O) groups is 1. The zero-order valence-electron chi connectivity index (χ0n) is 10.6. The van der Waals surface area contributed by atoms with Gasteiger partial charge in [-0.25, -0.2) is 9.78 Å². The molecule has 1 aromatic carbocycles. The van der Waals surface area contributed by atoms with Gasteiger partial charge in [0, 0.05) is 11.8 Å². The van der Waals surface area contributed by atoms with Crippen LogP contribution < -0.4 is 14.8 Å². The number of nitrogens with zero attached hydrogens (tertiary/aromatic N) is 1. The second-order valence-corrected chi connectivity index (χ2v) is 5.01. The molecule has 0 aliphatic carbocycles. The predicted octanol–water partition coefficient (Wildman–Crippen LogP) is 2.99. The molecule has 0 radical (unpaired) electrons. The molecule has 1 aromatic heterocycles. The van der Waals surface area contributed by atoms with Crippen LogP contribution in [0.4, 0.5) is 19.6 Å². The van der Waals surface area contributed by atoms with E-state index in [0.29, 0.717) is 15.7 Å². The Kier molecular flexibility index (Phi) is 3.13. The van der Waals surface area contributed by atoms with Crippen molar-refractivity contribution in [3.63, 3.8) is 0 Å². The molecule has 0 fully saturated rings. The van der Waals surface area contributed by atoms with Gasteiger partial charge in [0.1, 0.15) is 4.88 Å².